The van der Waals surface area contributed by atoms with Gasteiger partial charge < -0.3 is 14.8 Å². The Morgan fingerprint density at radius 1 is 1.11 bits per heavy atom. The lowest BCUT2D eigenvalue weighted by Crippen LogP contribution is -2.48. The Balaban J connectivity index is 1.46. The number of carbonyl (C=O) groups excluding carboxylic acids is 2. The number of nitrogens with one attached hydrogen (secondary N) is 1. The number of nitrogens with zero attached hydrogens (tertiary/aromatic N) is 3. The summed E-state index contributed by atoms with van der Waals surface area (Å²) in [6.45, 7) is 2.18. The molecule has 1 N–H and O–H groups in total. The van der Waals surface area contributed by atoms with Crippen molar-refractivity contribution in [3.63, 3.8) is 0 Å². The minimum absolute atomic E-state index is 0.0134. The Morgan fingerprint density at radius 3 is 2.63 bits per heavy atom. The van der Waals surface area contributed by atoms with Crippen molar-refractivity contribution < 1.29 is 9.59 Å². The monoisotopic (exact) mass is 486 g/mol. The first kappa shape index (κ1) is 23.0. The number of piperidine rings is 1. The SMILES string of the molecule is Cc1ccc(N2C(=O)CC[C@H](C(=O)N(C)Cc3nc4ccccc4c(=O)[nH]3)[C@@H]2c2cccs2)cc1. The fourth-order valence-corrected chi connectivity index (χ4v) is 5.62. The quantitative estimate of drug-likeness (QED) is 0.452. The zero-order valence-corrected chi connectivity index (χ0v) is 20.4. The topological polar surface area (TPSA) is 86.4 Å². The van der Waals surface area contributed by atoms with E-state index in [0.29, 0.717) is 29.6 Å². The number of aromatic nitrogens is 2. The van der Waals surface area contributed by atoms with Crippen molar-refractivity contribution in [2.75, 3.05) is 11.9 Å². The van der Waals surface area contributed by atoms with Gasteiger partial charge in [0.15, 0.2) is 0 Å². The van der Waals surface area contributed by atoms with E-state index in [2.05, 4.69) is 9.97 Å². The summed E-state index contributed by atoms with van der Waals surface area (Å²) in [7, 11) is 1.72. The van der Waals surface area contributed by atoms with E-state index in [-0.39, 0.29) is 23.9 Å². The molecule has 0 radical (unpaired) electrons. The van der Waals surface area contributed by atoms with E-state index >= 15 is 0 Å². The largest absolute Gasteiger partial charge is 0.338 e. The summed E-state index contributed by atoms with van der Waals surface area (Å²) < 4.78 is 0. The molecule has 3 heterocycles. The van der Waals surface area contributed by atoms with Gasteiger partial charge in [0.2, 0.25) is 11.8 Å². The molecule has 0 saturated carbocycles. The molecule has 2 aromatic heterocycles. The Kier molecular flexibility index (Phi) is 6.21. The van der Waals surface area contributed by atoms with Gasteiger partial charge >= 0.3 is 0 Å². The van der Waals surface area contributed by atoms with Crippen LogP contribution in [0.3, 0.4) is 0 Å². The summed E-state index contributed by atoms with van der Waals surface area (Å²) in [6.07, 6.45) is 0.764. The highest BCUT2D eigenvalue weighted by Gasteiger charge is 2.43. The van der Waals surface area contributed by atoms with E-state index in [1.165, 1.54) is 0 Å². The predicted octanol–water partition coefficient (Wildman–Crippen LogP) is 4.44. The van der Waals surface area contributed by atoms with Gasteiger partial charge in [-0.2, -0.15) is 0 Å². The van der Waals surface area contributed by atoms with Crippen LogP contribution in [0.5, 0.6) is 0 Å². The number of benzene rings is 2. The molecule has 8 heteroatoms. The van der Waals surface area contributed by atoms with E-state index in [1.54, 1.807) is 46.4 Å². The number of H-pyrrole nitrogens is 1. The van der Waals surface area contributed by atoms with Crippen molar-refractivity contribution in [2.24, 2.45) is 5.92 Å². The van der Waals surface area contributed by atoms with Gasteiger partial charge in [-0.3, -0.25) is 14.4 Å². The molecule has 7 nitrogen and oxygen atoms in total. The molecule has 5 rings (SSSR count). The normalized spacial score (nSPS) is 18.1. The average Bonchev–Trinajstić information content (AvgIpc) is 3.39. The molecule has 2 aromatic carbocycles. The van der Waals surface area contributed by atoms with Gasteiger partial charge in [-0.15, -0.1) is 11.3 Å². The minimum atomic E-state index is -0.412. The average molecular weight is 487 g/mol. The van der Waals surface area contributed by atoms with Crippen molar-refractivity contribution in [3.05, 3.63) is 92.7 Å². The molecule has 0 aliphatic carbocycles. The van der Waals surface area contributed by atoms with E-state index < -0.39 is 12.0 Å². The second-order valence-corrected chi connectivity index (χ2v) is 9.91. The van der Waals surface area contributed by atoms with Crippen LogP contribution in [-0.4, -0.2) is 33.7 Å². The van der Waals surface area contributed by atoms with Crippen molar-refractivity contribution >= 4 is 39.7 Å². The number of hydrogen-bond acceptors (Lipinski definition) is 5. The number of para-hydroxylation sites is 1. The Morgan fingerprint density at radius 2 is 1.89 bits per heavy atom. The Labute approximate surface area is 207 Å². The third-order valence-corrected chi connectivity index (χ3v) is 7.43. The van der Waals surface area contributed by atoms with Crippen molar-refractivity contribution in [1.29, 1.82) is 0 Å². The van der Waals surface area contributed by atoms with E-state index in [4.69, 9.17) is 0 Å². The van der Waals surface area contributed by atoms with Gasteiger partial charge in [-0.1, -0.05) is 35.9 Å². The number of amides is 2. The maximum Gasteiger partial charge on any atom is 0.258 e. The van der Waals surface area contributed by atoms with E-state index in [9.17, 15) is 14.4 Å². The van der Waals surface area contributed by atoms with Crippen LogP contribution >= 0.6 is 11.3 Å². The molecule has 1 saturated heterocycles. The minimum Gasteiger partial charge on any atom is -0.338 e. The van der Waals surface area contributed by atoms with Crippen LogP contribution in [-0.2, 0) is 16.1 Å². The fourth-order valence-electron chi connectivity index (χ4n) is 4.74. The van der Waals surface area contributed by atoms with Gasteiger partial charge in [-0.25, -0.2) is 4.98 Å². The number of aryl methyl sites for hydroxylation is 1. The summed E-state index contributed by atoms with van der Waals surface area (Å²) >= 11 is 1.55. The first-order chi connectivity index (χ1) is 16.9. The Hall–Kier alpha value is -3.78. The summed E-state index contributed by atoms with van der Waals surface area (Å²) in [5.74, 6) is -0.0485. The zero-order chi connectivity index (χ0) is 24.5. The lowest BCUT2D eigenvalue weighted by atomic mass is 9.86. The molecule has 178 valence electrons. The molecule has 2 atom stereocenters. The smallest absolute Gasteiger partial charge is 0.258 e. The lowest BCUT2D eigenvalue weighted by Gasteiger charge is -2.41. The number of thiophene rings is 1. The van der Waals surface area contributed by atoms with Crippen LogP contribution in [0.25, 0.3) is 10.9 Å². The maximum absolute atomic E-state index is 13.8. The molecule has 0 bridgehead atoms. The summed E-state index contributed by atoms with van der Waals surface area (Å²) in [6, 6.07) is 18.5. The van der Waals surface area contributed by atoms with Gasteiger partial charge in [0.05, 0.1) is 29.4 Å². The predicted molar refractivity (Wildman–Crippen MR) is 137 cm³/mol. The van der Waals surface area contributed by atoms with Gasteiger partial charge in [0.25, 0.3) is 5.56 Å². The second kappa shape index (κ2) is 9.46. The number of rotatable bonds is 5. The molecular weight excluding hydrogens is 460 g/mol. The number of hydrogen-bond donors (Lipinski definition) is 1. The molecule has 1 aliphatic rings. The van der Waals surface area contributed by atoms with Gasteiger partial charge in [0.1, 0.15) is 5.82 Å². The lowest BCUT2D eigenvalue weighted by molar-refractivity contribution is -0.137. The standard InChI is InChI=1S/C27H26N4O3S/c1-17-9-11-18(12-10-17)31-24(32)14-13-20(25(31)22-8-5-15-35-22)27(34)30(2)16-23-28-21-7-4-3-6-19(21)26(33)29-23/h3-12,15,20,25H,13-14,16H2,1-2H3,(H,28,29,33)/t20-,25+/m0/s1. The van der Waals surface area contributed by atoms with Crippen molar-refractivity contribution in [3.8, 4) is 0 Å². The Bertz CT molecular complexity index is 1430. The van der Waals surface area contributed by atoms with Crippen LogP contribution in [0.4, 0.5) is 5.69 Å². The third kappa shape index (κ3) is 4.49. The highest BCUT2D eigenvalue weighted by Crippen LogP contribution is 2.42. The highest BCUT2D eigenvalue weighted by molar-refractivity contribution is 7.10. The van der Waals surface area contributed by atoms with Crippen LogP contribution in [0, 0.1) is 12.8 Å². The zero-order valence-electron chi connectivity index (χ0n) is 19.6. The second-order valence-electron chi connectivity index (χ2n) is 8.93. The number of aromatic amines is 1. The number of anilines is 1. The van der Waals surface area contributed by atoms with E-state index in [0.717, 1.165) is 16.1 Å². The summed E-state index contributed by atoms with van der Waals surface area (Å²) in [5.41, 5.74) is 2.27. The summed E-state index contributed by atoms with van der Waals surface area (Å²) in [4.78, 5) is 51.1. The molecule has 1 aliphatic heterocycles. The van der Waals surface area contributed by atoms with Crippen LogP contribution in [0.15, 0.2) is 70.8 Å². The molecular formula is C27H26N4O3S. The molecule has 0 unspecified atom stereocenters. The summed E-state index contributed by atoms with van der Waals surface area (Å²) in [5, 5.41) is 2.49. The maximum atomic E-state index is 13.8. The molecule has 4 aromatic rings. The van der Waals surface area contributed by atoms with Crippen LogP contribution in [0.1, 0.15) is 35.1 Å². The highest BCUT2D eigenvalue weighted by atomic mass is 32.1. The number of carbonyl (C=O) groups is 2. The first-order valence-electron chi connectivity index (χ1n) is 11.6. The fraction of sp³-hybridized carbons (Fsp3) is 0.259. The van der Waals surface area contributed by atoms with Crippen molar-refractivity contribution in [2.45, 2.75) is 32.4 Å². The van der Waals surface area contributed by atoms with Crippen LogP contribution in [0.2, 0.25) is 0 Å². The van der Waals surface area contributed by atoms with Crippen LogP contribution < -0.4 is 10.5 Å². The molecule has 2 amide bonds. The molecule has 1 fully saturated rings. The first-order valence-corrected chi connectivity index (χ1v) is 12.5. The molecule has 35 heavy (non-hydrogen) atoms. The van der Waals surface area contributed by atoms with E-state index in [1.807, 2.05) is 54.8 Å². The number of fused-ring (bicyclic) bond motifs is 1. The molecule has 0 spiro atoms. The van der Waals surface area contributed by atoms with Gasteiger partial charge in [-0.05, 0) is 49.1 Å². The van der Waals surface area contributed by atoms with Gasteiger partial charge in [0, 0.05) is 24.0 Å². The van der Waals surface area contributed by atoms with Crippen molar-refractivity contribution in [1.82, 2.24) is 14.9 Å². The third-order valence-electron chi connectivity index (χ3n) is 6.49.